The van der Waals surface area contributed by atoms with Gasteiger partial charge in [-0.2, -0.15) is 13.2 Å². The number of nitrogen functional groups attached to an aromatic ring is 1. The normalized spacial score (nSPS) is 11.1. The Morgan fingerprint density at radius 1 is 1.11 bits per heavy atom. The lowest BCUT2D eigenvalue weighted by molar-refractivity contribution is -0.137. The molecule has 0 saturated heterocycles. The maximum Gasteiger partial charge on any atom is 0.416 e. The van der Waals surface area contributed by atoms with E-state index in [4.69, 9.17) is 11.1 Å². The number of ketones is 1. The van der Waals surface area contributed by atoms with Gasteiger partial charge in [0.05, 0.1) is 11.1 Å². The molecule has 0 radical (unpaired) electrons. The van der Waals surface area contributed by atoms with Crippen molar-refractivity contribution >= 4 is 23.1 Å². The highest BCUT2D eigenvalue weighted by Crippen LogP contribution is 2.29. The molecule has 0 saturated carbocycles. The van der Waals surface area contributed by atoms with Gasteiger partial charge in [-0.05, 0) is 55.5 Å². The Morgan fingerprint density at radius 2 is 1.81 bits per heavy atom. The Labute approximate surface area is 207 Å². The second kappa shape index (κ2) is 11.0. The summed E-state index contributed by atoms with van der Waals surface area (Å²) in [6.07, 6.45) is -3.21. The number of hydrogen-bond donors (Lipinski definition) is 3. The fraction of sp³-hybridized carbons (Fsp3) is 0.259. The van der Waals surface area contributed by atoms with Crippen LogP contribution in [0.3, 0.4) is 0 Å². The van der Waals surface area contributed by atoms with E-state index in [2.05, 4.69) is 27.1 Å². The quantitative estimate of drug-likeness (QED) is 0.318. The van der Waals surface area contributed by atoms with Crippen LogP contribution in [0.15, 0.2) is 48.8 Å². The van der Waals surface area contributed by atoms with E-state index in [1.807, 2.05) is 26.8 Å². The largest absolute Gasteiger partial charge is 0.416 e. The Bertz CT molecular complexity index is 1350. The van der Waals surface area contributed by atoms with Crippen LogP contribution in [-0.4, -0.2) is 27.5 Å². The van der Waals surface area contributed by atoms with Crippen molar-refractivity contribution in [2.75, 3.05) is 11.1 Å². The first kappa shape index (κ1) is 26.4. The van der Waals surface area contributed by atoms with Gasteiger partial charge < -0.3 is 11.1 Å². The highest BCUT2D eigenvalue weighted by molar-refractivity contribution is 6.16. The zero-order valence-corrected chi connectivity index (χ0v) is 20.1. The second-order valence-corrected chi connectivity index (χ2v) is 8.65. The SMILES string of the molecule is Cc1ccc(CC(=O)Cc2cccc(C(F)(F)F)c2)cc1C#CC(=N)c1c(N)ncnc1NC(C)C. The van der Waals surface area contributed by atoms with Gasteiger partial charge in [0.25, 0.3) is 0 Å². The molecule has 2 aromatic carbocycles. The van der Waals surface area contributed by atoms with Crippen LogP contribution < -0.4 is 11.1 Å². The number of aryl methyl sites for hydroxylation is 1. The zero-order chi connectivity index (χ0) is 26.5. The molecule has 0 spiro atoms. The third-order valence-electron chi connectivity index (χ3n) is 5.23. The summed E-state index contributed by atoms with van der Waals surface area (Å²) < 4.78 is 38.8. The van der Waals surface area contributed by atoms with Crippen LogP contribution in [0.1, 0.15) is 47.2 Å². The molecule has 0 aliphatic heterocycles. The molecular formula is C27H26F3N5O. The molecule has 6 nitrogen and oxygen atoms in total. The third-order valence-corrected chi connectivity index (χ3v) is 5.23. The number of nitrogens with two attached hydrogens (primary N) is 1. The number of benzene rings is 2. The molecular weight excluding hydrogens is 467 g/mol. The van der Waals surface area contributed by atoms with Gasteiger partial charge in [0.2, 0.25) is 0 Å². The van der Waals surface area contributed by atoms with Gasteiger partial charge in [0, 0.05) is 24.4 Å². The van der Waals surface area contributed by atoms with E-state index in [-0.39, 0.29) is 36.2 Å². The Balaban J connectivity index is 1.78. The number of halogens is 3. The molecule has 4 N–H and O–H groups in total. The molecule has 1 heterocycles. The summed E-state index contributed by atoms with van der Waals surface area (Å²) in [5, 5.41) is 11.5. The molecule has 186 valence electrons. The number of carbonyl (C=O) groups is 1. The van der Waals surface area contributed by atoms with E-state index in [0.717, 1.165) is 17.7 Å². The van der Waals surface area contributed by atoms with Crippen LogP contribution in [0, 0.1) is 24.2 Å². The summed E-state index contributed by atoms with van der Waals surface area (Å²) in [6, 6.07) is 10.2. The molecule has 0 aliphatic rings. The van der Waals surface area contributed by atoms with Gasteiger partial charge in [0.1, 0.15) is 29.5 Å². The smallest absolute Gasteiger partial charge is 0.383 e. The number of aromatic nitrogens is 2. The monoisotopic (exact) mass is 493 g/mol. The van der Waals surface area contributed by atoms with Crippen molar-refractivity contribution in [3.63, 3.8) is 0 Å². The van der Waals surface area contributed by atoms with Gasteiger partial charge in [-0.25, -0.2) is 9.97 Å². The van der Waals surface area contributed by atoms with Crippen molar-refractivity contribution in [2.24, 2.45) is 0 Å². The fourth-order valence-electron chi connectivity index (χ4n) is 3.51. The molecule has 0 unspecified atom stereocenters. The Morgan fingerprint density at radius 3 is 2.47 bits per heavy atom. The summed E-state index contributed by atoms with van der Waals surface area (Å²) in [5.41, 5.74) is 7.91. The molecule has 1 aromatic heterocycles. The van der Waals surface area contributed by atoms with Crippen LogP contribution in [0.25, 0.3) is 0 Å². The summed E-state index contributed by atoms with van der Waals surface area (Å²) in [7, 11) is 0. The number of Topliss-reactive ketones (excluding diaryl/α,β-unsaturated/α-hetero) is 1. The van der Waals surface area contributed by atoms with E-state index in [9.17, 15) is 18.0 Å². The maximum absolute atomic E-state index is 12.9. The number of nitrogens with zero attached hydrogens (tertiary/aromatic N) is 2. The number of anilines is 2. The zero-order valence-electron chi connectivity index (χ0n) is 20.1. The van der Waals surface area contributed by atoms with Gasteiger partial charge in [-0.3, -0.25) is 10.2 Å². The number of carbonyl (C=O) groups excluding carboxylic acids is 1. The van der Waals surface area contributed by atoms with Crippen LogP contribution in [0.2, 0.25) is 0 Å². The van der Waals surface area contributed by atoms with Crippen LogP contribution in [-0.2, 0) is 23.8 Å². The van der Waals surface area contributed by atoms with E-state index in [0.29, 0.717) is 28.1 Å². The lowest BCUT2D eigenvalue weighted by Gasteiger charge is -2.13. The Kier molecular flexibility index (Phi) is 8.10. The van der Waals surface area contributed by atoms with E-state index in [1.54, 1.807) is 12.1 Å². The minimum absolute atomic E-state index is 0.0462. The van der Waals surface area contributed by atoms with Gasteiger partial charge in [-0.1, -0.05) is 36.3 Å². The highest BCUT2D eigenvalue weighted by Gasteiger charge is 2.30. The standard InChI is InChI=1S/C27H26F3N5O/c1-16(2)35-26-24(25(32)33-15-34-26)23(31)10-9-20-11-19(8-7-17(20)3)14-22(36)13-18-5-4-6-21(12-18)27(28,29)30/h4-8,11-12,15-16,31H,13-14H2,1-3H3,(H3,32,33,34,35). The second-order valence-electron chi connectivity index (χ2n) is 8.65. The van der Waals surface area contributed by atoms with E-state index < -0.39 is 11.7 Å². The summed E-state index contributed by atoms with van der Waals surface area (Å²) in [4.78, 5) is 20.7. The highest BCUT2D eigenvalue weighted by atomic mass is 19.4. The lowest BCUT2D eigenvalue weighted by atomic mass is 9.98. The first-order chi connectivity index (χ1) is 16.9. The first-order valence-electron chi connectivity index (χ1n) is 11.2. The molecule has 0 atom stereocenters. The van der Waals surface area contributed by atoms with Gasteiger partial charge >= 0.3 is 6.18 Å². The number of rotatable bonds is 7. The van der Waals surface area contributed by atoms with Crippen LogP contribution in [0.5, 0.6) is 0 Å². The van der Waals surface area contributed by atoms with E-state index >= 15 is 0 Å². The number of hydrogen-bond acceptors (Lipinski definition) is 6. The first-order valence-corrected chi connectivity index (χ1v) is 11.2. The van der Waals surface area contributed by atoms with Crippen molar-refractivity contribution in [1.82, 2.24) is 9.97 Å². The van der Waals surface area contributed by atoms with Gasteiger partial charge in [-0.15, -0.1) is 0 Å². The predicted octanol–water partition coefficient (Wildman–Crippen LogP) is 4.98. The van der Waals surface area contributed by atoms with Crippen LogP contribution >= 0.6 is 0 Å². The fourth-order valence-corrected chi connectivity index (χ4v) is 3.51. The minimum Gasteiger partial charge on any atom is -0.383 e. The molecule has 3 aromatic rings. The number of nitrogens with one attached hydrogen (secondary N) is 2. The minimum atomic E-state index is -4.46. The number of alkyl halides is 3. The topological polar surface area (TPSA) is 105 Å². The maximum atomic E-state index is 12.9. The van der Waals surface area contributed by atoms with Crippen molar-refractivity contribution < 1.29 is 18.0 Å². The van der Waals surface area contributed by atoms with Crippen molar-refractivity contribution in [2.45, 2.75) is 45.8 Å². The summed E-state index contributed by atoms with van der Waals surface area (Å²) in [5.74, 6) is 6.09. The molecule has 0 amide bonds. The molecule has 0 aliphatic carbocycles. The predicted molar refractivity (Wildman–Crippen MR) is 134 cm³/mol. The molecule has 0 bridgehead atoms. The van der Waals surface area contributed by atoms with Crippen molar-refractivity contribution in [3.05, 3.63) is 82.2 Å². The molecule has 3 rings (SSSR count). The van der Waals surface area contributed by atoms with Gasteiger partial charge in [0.15, 0.2) is 0 Å². The van der Waals surface area contributed by atoms with Crippen LogP contribution in [0.4, 0.5) is 24.8 Å². The average molecular weight is 494 g/mol. The third kappa shape index (κ3) is 6.92. The van der Waals surface area contributed by atoms with E-state index in [1.165, 1.54) is 18.5 Å². The van der Waals surface area contributed by atoms with Crippen molar-refractivity contribution in [3.8, 4) is 11.8 Å². The van der Waals surface area contributed by atoms with Crippen molar-refractivity contribution in [1.29, 1.82) is 5.41 Å². The lowest BCUT2D eigenvalue weighted by Crippen LogP contribution is -2.16. The summed E-state index contributed by atoms with van der Waals surface area (Å²) >= 11 is 0. The Hall–Kier alpha value is -4.19. The molecule has 0 fully saturated rings. The molecule has 36 heavy (non-hydrogen) atoms. The summed E-state index contributed by atoms with van der Waals surface area (Å²) in [6.45, 7) is 5.72. The molecule has 9 heteroatoms. The average Bonchev–Trinajstić information content (AvgIpc) is 2.78.